The predicted octanol–water partition coefficient (Wildman–Crippen LogP) is 3.75. The van der Waals surface area contributed by atoms with E-state index in [2.05, 4.69) is 29.7 Å². The van der Waals surface area contributed by atoms with Gasteiger partial charge >= 0.3 is 6.18 Å². The second-order valence-electron chi connectivity index (χ2n) is 11.7. The van der Waals surface area contributed by atoms with Crippen LogP contribution in [0.3, 0.4) is 0 Å². The lowest BCUT2D eigenvalue weighted by molar-refractivity contribution is -0.142. The van der Waals surface area contributed by atoms with Gasteiger partial charge in [0.05, 0.1) is 30.9 Å². The molecule has 3 heterocycles. The van der Waals surface area contributed by atoms with Crippen LogP contribution in [0.4, 0.5) is 19.0 Å². The third-order valence-corrected chi connectivity index (χ3v) is 8.45. The first-order chi connectivity index (χ1) is 20.2. The lowest BCUT2D eigenvalue weighted by Gasteiger charge is -2.35. The Morgan fingerprint density at radius 3 is 2.40 bits per heavy atom. The van der Waals surface area contributed by atoms with Crippen molar-refractivity contribution in [3.63, 3.8) is 0 Å². The van der Waals surface area contributed by atoms with E-state index >= 15 is 0 Å². The largest absolute Gasteiger partial charge is 0.486 e. The van der Waals surface area contributed by atoms with Crippen molar-refractivity contribution < 1.29 is 32.2 Å². The fourth-order valence-corrected chi connectivity index (χ4v) is 5.01. The van der Waals surface area contributed by atoms with Crippen molar-refractivity contribution in [1.82, 2.24) is 19.7 Å². The quantitative estimate of drug-likeness (QED) is 0.242. The summed E-state index contributed by atoms with van der Waals surface area (Å²) < 4.78 is 58.6. The summed E-state index contributed by atoms with van der Waals surface area (Å²) in [4.78, 5) is 33.5. The first-order valence-corrected chi connectivity index (χ1v) is 17.8. The van der Waals surface area contributed by atoms with E-state index in [0.717, 1.165) is 18.1 Å². The molecular weight excluding hydrogens is 585 g/mol. The molecule has 1 amide bonds. The molecule has 0 bridgehead atoms. The highest BCUT2D eigenvalue weighted by Gasteiger charge is 2.39. The number of amides is 1. The molecule has 0 N–H and O–H groups in total. The first-order valence-electron chi connectivity index (χ1n) is 14.1. The Morgan fingerprint density at radius 2 is 1.81 bits per heavy atom. The maximum atomic E-state index is 13.8. The maximum absolute atomic E-state index is 13.8. The molecule has 1 aliphatic rings. The lowest BCUT2D eigenvalue weighted by Crippen LogP contribution is -2.49. The molecule has 2 atom stereocenters. The molecule has 11 nitrogen and oxygen atoms in total. The first kappa shape index (κ1) is 34.0. The molecule has 0 radical (unpaired) electrons. The number of rotatable bonds is 13. The van der Waals surface area contributed by atoms with Crippen LogP contribution >= 0.6 is 0 Å². The van der Waals surface area contributed by atoms with Crippen molar-refractivity contribution in [2.24, 2.45) is 0 Å². The van der Waals surface area contributed by atoms with Crippen LogP contribution in [-0.4, -0.2) is 85.2 Å². The molecule has 2 aromatic heterocycles. The smallest absolute Gasteiger partial charge is 0.425 e. The molecule has 15 heteroatoms. The number of carbonyl (C=O) groups is 1. The fourth-order valence-electron chi connectivity index (χ4n) is 4.25. The van der Waals surface area contributed by atoms with Crippen molar-refractivity contribution in [3.05, 3.63) is 46.0 Å². The summed E-state index contributed by atoms with van der Waals surface area (Å²) in [5, 5.41) is 12.7. The molecule has 0 aliphatic carbocycles. The van der Waals surface area contributed by atoms with Gasteiger partial charge in [0, 0.05) is 47.1 Å². The van der Waals surface area contributed by atoms with E-state index in [1.807, 2.05) is 11.0 Å². The number of carbonyl (C=O) groups excluding carboxylic acids is 1. The van der Waals surface area contributed by atoms with E-state index in [0.29, 0.717) is 43.0 Å². The number of anilines is 1. The molecule has 1 saturated heterocycles. The lowest BCUT2D eigenvalue weighted by atomic mass is 10.2. The summed E-state index contributed by atoms with van der Waals surface area (Å²) in [6, 6.07) is 6.30. The molecule has 2 aromatic rings. The second kappa shape index (κ2) is 14.8. The zero-order chi connectivity index (χ0) is 31.8. The van der Waals surface area contributed by atoms with E-state index in [1.165, 1.54) is 13.1 Å². The van der Waals surface area contributed by atoms with Crippen LogP contribution < -0.4 is 15.2 Å². The van der Waals surface area contributed by atoms with E-state index in [9.17, 15) is 22.8 Å². The zero-order valence-electron chi connectivity index (χ0n) is 25.2. The van der Waals surface area contributed by atoms with E-state index in [-0.39, 0.29) is 18.9 Å². The number of hydrogen-bond acceptors (Lipinski definition) is 9. The summed E-state index contributed by atoms with van der Waals surface area (Å²) in [6.45, 7) is 11.6. The third kappa shape index (κ3) is 10.3. The van der Waals surface area contributed by atoms with E-state index in [1.54, 1.807) is 24.0 Å². The standard InChI is InChI=1S/C28H39F3N6O5Si/c1-20(14-25(38)36-10-8-35(9-11-36)24-7-6-22(15-32)16-33-24)41-18-21(2)42-23-17-34-37(19-40-12-13-43(3,4)5)27(39)26(23)28(29,30)31/h6-7,16-17,20-21H,8-14,18-19H2,1-5H3/t20-,21-/m0/s1. The summed E-state index contributed by atoms with van der Waals surface area (Å²) in [7, 11) is -1.41. The highest BCUT2D eigenvalue weighted by atomic mass is 28.3. The molecule has 0 aromatic carbocycles. The van der Waals surface area contributed by atoms with Gasteiger partial charge in [0.15, 0.2) is 11.3 Å². The number of alkyl halides is 3. The molecule has 0 saturated carbocycles. The van der Waals surface area contributed by atoms with Crippen LogP contribution in [0.5, 0.6) is 5.75 Å². The SMILES string of the molecule is C[C@@H](CC(=O)N1CCN(c2ccc(C#N)cn2)CC1)OC[C@H](C)Oc1cnn(COCC[Si](C)(C)C)c(=O)c1C(F)(F)F. The van der Waals surface area contributed by atoms with Crippen molar-refractivity contribution >= 4 is 19.8 Å². The number of nitriles is 1. The average Bonchev–Trinajstić information content (AvgIpc) is 2.94. The third-order valence-electron chi connectivity index (χ3n) is 6.74. The number of aromatic nitrogens is 3. The van der Waals surface area contributed by atoms with Crippen LogP contribution in [0.2, 0.25) is 25.7 Å². The Bertz CT molecular complexity index is 1320. The van der Waals surface area contributed by atoms with Crippen molar-refractivity contribution in [2.75, 3.05) is 44.3 Å². The average molecular weight is 625 g/mol. The Hall–Kier alpha value is -3.48. The normalized spacial score (nSPS) is 15.6. The number of halogens is 3. The number of pyridine rings is 1. The minimum atomic E-state index is -4.96. The minimum Gasteiger partial charge on any atom is -0.486 e. The van der Waals surface area contributed by atoms with Gasteiger partial charge < -0.3 is 24.0 Å². The highest BCUT2D eigenvalue weighted by Crippen LogP contribution is 2.33. The van der Waals surface area contributed by atoms with Crippen LogP contribution in [0.25, 0.3) is 0 Å². The summed E-state index contributed by atoms with van der Waals surface area (Å²) in [5.41, 5.74) is -2.33. The number of ether oxygens (including phenoxy) is 3. The van der Waals surface area contributed by atoms with Gasteiger partial charge in [-0.2, -0.15) is 23.5 Å². The molecule has 0 unspecified atom stereocenters. The van der Waals surface area contributed by atoms with Crippen molar-refractivity contribution in [3.8, 4) is 11.8 Å². The molecule has 1 aliphatic heterocycles. The Kier molecular flexibility index (Phi) is 11.7. The Labute approximate surface area is 250 Å². The van der Waals surface area contributed by atoms with E-state index < -0.39 is 50.1 Å². The van der Waals surface area contributed by atoms with Crippen LogP contribution in [0.15, 0.2) is 29.3 Å². The summed E-state index contributed by atoms with van der Waals surface area (Å²) in [5.74, 6) is -0.0539. The van der Waals surface area contributed by atoms with Gasteiger partial charge in [0.1, 0.15) is 24.7 Å². The van der Waals surface area contributed by atoms with Gasteiger partial charge in [-0.1, -0.05) is 19.6 Å². The monoisotopic (exact) mass is 624 g/mol. The molecule has 1 fully saturated rings. The minimum absolute atomic E-state index is 0.0882. The van der Waals surface area contributed by atoms with Gasteiger partial charge in [0.25, 0.3) is 5.56 Å². The predicted molar refractivity (Wildman–Crippen MR) is 155 cm³/mol. The summed E-state index contributed by atoms with van der Waals surface area (Å²) >= 11 is 0. The van der Waals surface area contributed by atoms with Gasteiger partial charge in [-0.25, -0.2) is 9.67 Å². The Morgan fingerprint density at radius 1 is 1.12 bits per heavy atom. The molecular formula is C28H39F3N6O5Si. The Balaban J connectivity index is 1.48. The molecule has 3 rings (SSSR count). The second-order valence-corrected chi connectivity index (χ2v) is 17.3. The highest BCUT2D eigenvalue weighted by molar-refractivity contribution is 6.76. The van der Waals surface area contributed by atoms with E-state index in [4.69, 9.17) is 19.5 Å². The van der Waals surface area contributed by atoms with Crippen LogP contribution in [0, 0.1) is 11.3 Å². The van der Waals surface area contributed by atoms with Gasteiger partial charge in [-0.15, -0.1) is 0 Å². The molecule has 236 valence electrons. The number of nitrogens with zero attached hydrogens (tertiary/aromatic N) is 6. The van der Waals surface area contributed by atoms with Crippen LogP contribution in [0.1, 0.15) is 31.4 Å². The molecule has 0 spiro atoms. The number of hydrogen-bond donors (Lipinski definition) is 0. The maximum Gasteiger partial charge on any atom is 0.425 e. The summed E-state index contributed by atoms with van der Waals surface area (Å²) in [6.07, 6.45) is -3.87. The fraction of sp³-hybridized carbons (Fsp3) is 0.607. The molecule has 43 heavy (non-hydrogen) atoms. The van der Waals surface area contributed by atoms with Crippen LogP contribution in [-0.2, 0) is 27.2 Å². The zero-order valence-corrected chi connectivity index (χ0v) is 26.2. The van der Waals surface area contributed by atoms with Gasteiger partial charge in [0.2, 0.25) is 5.91 Å². The topological polar surface area (TPSA) is 123 Å². The van der Waals surface area contributed by atoms with Gasteiger partial charge in [-0.3, -0.25) is 9.59 Å². The number of piperazine rings is 1. The van der Waals surface area contributed by atoms with Gasteiger partial charge in [-0.05, 0) is 32.0 Å². The van der Waals surface area contributed by atoms with Crippen molar-refractivity contribution in [2.45, 2.75) is 71.1 Å². The van der Waals surface area contributed by atoms with Crippen molar-refractivity contribution in [1.29, 1.82) is 5.26 Å².